The number of carbonyl (C=O) groups is 1. The summed E-state index contributed by atoms with van der Waals surface area (Å²) in [6, 6.07) is 8.24. The Morgan fingerprint density at radius 1 is 1.00 bits per heavy atom. The maximum Gasteiger partial charge on any atom is 0.160 e. The average molecular weight is 168 g/mol. The van der Waals surface area contributed by atoms with Crippen LogP contribution in [-0.4, -0.2) is 5.78 Å². The summed E-state index contributed by atoms with van der Waals surface area (Å²) < 4.78 is 0. The number of carbonyl (C=O) groups excluding carboxylic acids is 1. The van der Waals surface area contributed by atoms with Gasteiger partial charge in [-0.15, -0.1) is 0 Å². The van der Waals surface area contributed by atoms with Gasteiger partial charge in [0, 0.05) is 6.42 Å². The van der Waals surface area contributed by atoms with Crippen molar-refractivity contribution in [1.82, 2.24) is 0 Å². The second-order valence-electron chi connectivity index (χ2n) is 3.41. The van der Waals surface area contributed by atoms with Crippen molar-refractivity contribution in [3.8, 4) is 0 Å². The number of benzene rings is 1. The van der Waals surface area contributed by atoms with E-state index in [1.54, 1.807) is 6.08 Å². The fraction of sp³-hybridized carbons (Fsp3) is 0.0833. The van der Waals surface area contributed by atoms with Crippen LogP contribution in [-0.2, 0) is 4.79 Å². The summed E-state index contributed by atoms with van der Waals surface area (Å²) in [5.74, 6) is 0.216. The van der Waals surface area contributed by atoms with Crippen LogP contribution in [0, 0.1) is 0 Å². The average Bonchev–Trinajstić information content (AvgIpc) is 2.15. The topological polar surface area (TPSA) is 17.1 Å². The van der Waals surface area contributed by atoms with Crippen molar-refractivity contribution in [2.24, 2.45) is 0 Å². The molecule has 0 bridgehead atoms. The van der Waals surface area contributed by atoms with Gasteiger partial charge in [-0.2, -0.15) is 0 Å². The molecule has 2 aliphatic rings. The third-order valence-corrected chi connectivity index (χ3v) is 2.65. The molecule has 2 aliphatic carbocycles. The van der Waals surface area contributed by atoms with Crippen LogP contribution in [0.4, 0.5) is 0 Å². The lowest BCUT2D eigenvalue weighted by Gasteiger charge is -2.19. The number of allylic oxidation sites excluding steroid dienone is 2. The summed E-state index contributed by atoms with van der Waals surface area (Å²) in [4.78, 5) is 11.1. The van der Waals surface area contributed by atoms with Gasteiger partial charge >= 0.3 is 0 Å². The van der Waals surface area contributed by atoms with Gasteiger partial charge in [0.05, 0.1) is 0 Å². The fourth-order valence-electron chi connectivity index (χ4n) is 2.02. The van der Waals surface area contributed by atoms with E-state index in [0.717, 1.165) is 0 Å². The molecule has 0 saturated heterocycles. The van der Waals surface area contributed by atoms with Gasteiger partial charge in [0.2, 0.25) is 0 Å². The van der Waals surface area contributed by atoms with E-state index in [-0.39, 0.29) is 5.78 Å². The minimum atomic E-state index is 0.216. The quantitative estimate of drug-likeness (QED) is 0.552. The highest BCUT2D eigenvalue weighted by Crippen LogP contribution is 2.24. The molecule has 0 radical (unpaired) electrons. The zero-order valence-corrected chi connectivity index (χ0v) is 7.08. The lowest BCUT2D eigenvalue weighted by Crippen LogP contribution is -2.39. The maximum atomic E-state index is 11.1. The first-order valence-corrected chi connectivity index (χ1v) is 4.40. The summed E-state index contributed by atoms with van der Waals surface area (Å²) in [5, 5.41) is 2.55. The van der Waals surface area contributed by atoms with Gasteiger partial charge in [-0.1, -0.05) is 30.3 Å². The Labute approximate surface area is 75.7 Å². The predicted octanol–water partition coefficient (Wildman–Crippen LogP) is 0.531. The van der Waals surface area contributed by atoms with Crippen LogP contribution >= 0.6 is 0 Å². The summed E-state index contributed by atoms with van der Waals surface area (Å²) in [6.45, 7) is 0. The van der Waals surface area contributed by atoms with Crippen LogP contribution in [0.1, 0.15) is 6.42 Å². The van der Waals surface area contributed by atoms with Gasteiger partial charge in [-0.25, -0.2) is 0 Å². The van der Waals surface area contributed by atoms with Gasteiger partial charge in [0.25, 0.3) is 0 Å². The molecule has 62 valence electrons. The number of ketones is 1. The largest absolute Gasteiger partial charge is 0.294 e. The van der Waals surface area contributed by atoms with Crippen LogP contribution in [0.25, 0.3) is 11.1 Å². The van der Waals surface area contributed by atoms with Crippen LogP contribution < -0.4 is 10.4 Å². The molecule has 0 spiro atoms. The van der Waals surface area contributed by atoms with Crippen molar-refractivity contribution < 1.29 is 4.79 Å². The molecule has 1 heteroatoms. The summed E-state index contributed by atoms with van der Waals surface area (Å²) in [5.41, 5.74) is 2.48. The van der Waals surface area contributed by atoms with Gasteiger partial charge in [-0.3, -0.25) is 4.79 Å². The molecule has 0 unspecified atom stereocenters. The first-order valence-electron chi connectivity index (χ1n) is 4.40. The molecule has 13 heavy (non-hydrogen) atoms. The summed E-state index contributed by atoms with van der Waals surface area (Å²) in [7, 11) is 0. The second-order valence-corrected chi connectivity index (χ2v) is 3.41. The van der Waals surface area contributed by atoms with Crippen LogP contribution in [0.3, 0.4) is 0 Å². The van der Waals surface area contributed by atoms with E-state index in [9.17, 15) is 4.79 Å². The predicted molar refractivity (Wildman–Crippen MR) is 51.3 cm³/mol. The SMILES string of the molecule is O=C1C=CC2=c3ccccc3=C2C1. The van der Waals surface area contributed by atoms with E-state index in [1.807, 2.05) is 18.2 Å². The van der Waals surface area contributed by atoms with Crippen molar-refractivity contribution in [1.29, 1.82) is 0 Å². The molecule has 0 saturated carbocycles. The lowest BCUT2D eigenvalue weighted by atomic mass is 9.83. The lowest BCUT2D eigenvalue weighted by molar-refractivity contribution is -0.113. The zero-order chi connectivity index (χ0) is 8.84. The minimum Gasteiger partial charge on any atom is -0.294 e. The molecule has 1 aromatic carbocycles. The third-order valence-electron chi connectivity index (χ3n) is 2.65. The van der Waals surface area contributed by atoms with Crippen molar-refractivity contribution in [2.45, 2.75) is 6.42 Å². The summed E-state index contributed by atoms with van der Waals surface area (Å²) in [6.07, 6.45) is 4.20. The van der Waals surface area contributed by atoms with E-state index < -0.39 is 0 Å². The van der Waals surface area contributed by atoms with E-state index >= 15 is 0 Å². The Morgan fingerprint density at radius 3 is 2.62 bits per heavy atom. The maximum absolute atomic E-state index is 11.1. The Hall–Kier alpha value is -1.63. The van der Waals surface area contributed by atoms with Crippen molar-refractivity contribution in [3.05, 3.63) is 46.9 Å². The highest BCUT2D eigenvalue weighted by atomic mass is 16.1. The van der Waals surface area contributed by atoms with E-state index in [4.69, 9.17) is 0 Å². The fourth-order valence-corrected chi connectivity index (χ4v) is 2.02. The molecule has 3 rings (SSSR count). The molecule has 0 aromatic heterocycles. The van der Waals surface area contributed by atoms with Crippen molar-refractivity contribution in [2.75, 3.05) is 0 Å². The van der Waals surface area contributed by atoms with Gasteiger partial charge in [0.15, 0.2) is 5.78 Å². The van der Waals surface area contributed by atoms with Gasteiger partial charge in [0.1, 0.15) is 0 Å². The molecule has 0 amide bonds. The Balaban J connectivity index is 2.39. The highest BCUT2D eigenvalue weighted by Gasteiger charge is 2.19. The van der Waals surface area contributed by atoms with E-state index in [1.165, 1.54) is 21.6 Å². The first kappa shape index (κ1) is 6.84. The molecular formula is C12H8O. The van der Waals surface area contributed by atoms with Gasteiger partial charge < -0.3 is 0 Å². The molecular weight excluding hydrogens is 160 g/mol. The minimum absolute atomic E-state index is 0.216. The summed E-state index contributed by atoms with van der Waals surface area (Å²) >= 11 is 0. The molecule has 1 aromatic rings. The van der Waals surface area contributed by atoms with Crippen molar-refractivity contribution >= 4 is 16.9 Å². The molecule has 0 aliphatic heterocycles. The molecule has 0 heterocycles. The third kappa shape index (κ3) is 0.788. The van der Waals surface area contributed by atoms with Crippen molar-refractivity contribution in [3.63, 3.8) is 0 Å². The molecule has 0 atom stereocenters. The second kappa shape index (κ2) is 2.19. The zero-order valence-electron chi connectivity index (χ0n) is 7.08. The van der Waals surface area contributed by atoms with Crippen LogP contribution in [0.5, 0.6) is 0 Å². The number of hydrogen-bond donors (Lipinski definition) is 0. The van der Waals surface area contributed by atoms with Crippen LogP contribution in [0.15, 0.2) is 36.4 Å². The Morgan fingerprint density at radius 2 is 1.77 bits per heavy atom. The molecule has 0 fully saturated rings. The number of rotatable bonds is 0. The van der Waals surface area contributed by atoms with Gasteiger partial charge in [-0.05, 0) is 27.7 Å². The molecule has 1 nitrogen and oxygen atoms in total. The normalized spacial score (nSPS) is 18.0. The highest BCUT2D eigenvalue weighted by molar-refractivity contribution is 6.13. The number of hydrogen-bond acceptors (Lipinski definition) is 1. The first-order chi connectivity index (χ1) is 6.36. The smallest absolute Gasteiger partial charge is 0.160 e. The van der Waals surface area contributed by atoms with Crippen LogP contribution in [0.2, 0.25) is 0 Å². The van der Waals surface area contributed by atoms with E-state index in [0.29, 0.717) is 6.42 Å². The Bertz CT molecular complexity index is 547. The Kier molecular flexibility index (Phi) is 1.15. The number of fused-ring (bicyclic) bond motifs is 2. The van der Waals surface area contributed by atoms with E-state index in [2.05, 4.69) is 12.1 Å². The molecule has 0 N–H and O–H groups in total. The monoisotopic (exact) mass is 168 g/mol. The standard InChI is InChI=1S/C12H8O/c13-8-5-6-11-9-3-1-2-4-10(9)12(11)7-8/h1-6H,7H2.